The van der Waals surface area contributed by atoms with Crippen LogP contribution >= 0.6 is 0 Å². The van der Waals surface area contributed by atoms with Crippen molar-refractivity contribution in [1.29, 1.82) is 0 Å². The van der Waals surface area contributed by atoms with Gasteiger partial charge in [0.2, 0.25) is 0 Å². The molecule has 1 unspecified atom stereocenters. The summed E-state index contributed by atoms with van der Waals surface area (Å²) in [4.78, 5) is 21.9. The second-order valence-electron chi connectivity index (χ2n) is 3.88. The van der Waals surface area contributed by atoms with Crippen LogP contribution in [0, 0.1) is 5.92 Å². The second-order valence-corrected chi connectivity index (χ2v) is 3.88. The number of carbonyl (C=O) groups excluding carboxylic acids is 1. The number of nitrogens with one attached hydrogen (secondary N) is 1. The first-order valence-electron chi connectivity index (χ1n) is 5.24. The van der Waals surface area contributed by atoms with Crippen LogP contribution in [0.3, 0.4) is 0 Å². The minimum absolute atomic E-state index is 0.0678. The first-order chi connectivity index (χ1) is 7.47. The molecule has 1 atom stereocenters. The Balaban J connectivity index is 3.98. The molecule has 0 aromatic heterocycles. The van der Waals surface area contributed by atoms with Crippen molar-refractivity contribution in [2.75, 3.05) is 13.2 Å². The quantitative estimate of drug-likeness (QED) is 0.559. The fourth-order valence-electron chi connectivity index (χ4n) is 1.11. The third-order valence-electron chi connectivity index (χ3n) is 1.83. The maximum absolute atomic E-state index is 11.1. The van der Waals surface area contributed by atoms with Crippen LogP contribution in [0.1, 0.15) is 26.7 Å². The van der Waals surface area contributed by atoms with Crippen LogP contribution in [-0.4, -0.2) is 41.5 Å². The summed E-state index contributed by atoms with van der Waals surface area (Å²) in [6.07, 6.45) is -0.0683. The molecule has 0 spiro atoms. The van der Waals surface area contributed by atoms with Crippen LogP contribution in [0.2, 0.25) is 0 Å². The summed E-state index contributed by atoms with van der Waals surface area (Å²) in [5.74, 6) is -0.911. The highest BCUT2D eigenvalue weighted by Gasteiger charge is 2.21. The number of aliphatic carboxylic acids is 1. The average Bonchev–Trinajstić information content (AvgIpc) is 2.16. The fraction of sp³-hybridized carbons (Fsp3) is 0.800. The number of hydrogen-bond acceptors (Lipinski definition) is 4. The van der Waals surface area contributed by atoms with E-state index in [9.17, 15) is 9.59 Å². The Hall–Kier alpha value is -1.30. The van der Waals surface area contributed by atoms with Gasteiger partial charge in [0.05, 0.1) is 6.61 Å². The lowest BCUT2D eigenvalue weighted by Gasteiger charge is -2.16. The summed E-state index contributed by atoms with van der Waals surface area (Å²) >= 11 is 0. The Morgan fingerprint density at radius 3 is 2.44 bits per heavy atom. The molecule has 6 heteroatoms. The van der Waals surface area contributed by atoms with E-state index in [1.54, 1.807) is 0 Å². The molecule has 0 aliphatic carbocycles. The molecule has 16 heavy (non-hydrogen) atoms. The molecule has 94 valence electrons. The van der Waals surface area contributed by atoms with Crippen molar-refractivity contribution in [3.8, 4) is 0 Å². The van der Waals surface area contributed by atoms with Gasteiger partial charge in [-0.15, -0.1) is 0 Å². The summed E-state index contributed by atoms with van der Waals surface area (Å²) in [7, 11) is 0. The SMILES string of the molecule is CC(C)CC(NC(=O)OCCCO)C(=O)O. The molecule has 0 bridgehead atoms. The Labute approximate surface area is 94.6 Å². The Bertz CT molecular complexity index is 229. The molecule has 0 rings (SSSR count). The van der Waals surface area contributed by atoms with E-state index in [0.29, 0.717) is 12.8 Å². The van der Waals surface area contributed by atoms with Crippen molar-refractivity contribution < 1.29 is 24.5 Å². The zero-order valence-corrected chi connectivity index (χ0v) is 9.60. The van der Waals surface area contributed by atoms with Crippen LogP contribution < -0.4 is 5.32 Å². The van der Waals surface area contributed by atoms with E-state index in [-0.39, 0.29) is 19.1 Å². The lowest BCUT2D eigenvalue weighted by molar-refractivity contribution is -0.139. The van der Waals surface area contributed by atoms with Crippen molar-refractivity contribution in [3.63, 3.8) is 0 Å². The molecule has 0 saturated carbocycles. The lowest BCUT2D eigenvalue weighted by atomic mass is 10.0. The summed E-state index contributed by atoms with van der Waals surface area (Å²) < 4.78 is 4.67. The smallest absolute Gasteiger partial charge is 0.407 e. The third kappa shape index (κ3) is 7.05. The number of amides is 1. The fourth-order valence-corrected chi connectivity index (χ4v) is 1.11. The molecule has 0 saturated heterocycles. The second kappa shape index (κ2) is 7.92. The van der Waals surface area contributed by atoms with Gasteiger partial charge in [-0.3, -0.25) is 0 Å². The van der Waals surface area contributed by atoms with Gasteiger partial charge in [-0.1, -0.05) is 13.8 Å². The van der Waals surface area contributed by atoms with Gasteiger partial charge in [-0.25, -0.2) is 9.59 Å². The van der Waals surface area contributed by atoms with Gasteiger partial charge in [-0.05, 0) is 12.3 Å². The third-order valence-corrected chi connectivity index (χ3v) is 1.83. The summed E-state index contributed by atoms with van der Waals surface area (Å²) in [6, 6.07) is -0.929. The molecular weight excluding hydrogens is 214 g/mol. The van der Waals surface area contributed by atoms with Crippen LogP contribution in [0.5, 0.6) is 0 Å². The van der Waals surface area contributed by atoms with Gasteiger partial charge < -0.3 is 20.3 Å². The Kier molecular flexibility index (Phi) is 7.28. The molecule has 0 aromatic carbocycles. The van der Waals surface area contributed by atoms with Crippen molar-refractivity contribution in [2.24, 2.45) is 5.92 Å². The number of carboxylic acids is 1. The predicted molar refractivity (Wildman–Crippen MR) is 57.1 cm³/mol. The van der Waals surface area contributed by atoms with Crippen molar-refractivity contribution in [3.05, 3.63) is 0 Å². The van der Waals surface area contributed by atoms with Crippen molar-refractivity contribution in [2.45, 2.75) is 32.7 Å². The summed E-state index contributed by atoms with van der Waals surface area (Å²) in [6.45, 7) is 3.75. The predicted octanol–water partition coefficient (Wildman–Crippen LogP) is 0.594. The number of hydrogen-bond donors (Lipinski definition) is 3. The van der Waals surface area contributed by atoms with Gasteiger partial charge in [0.15, 0.2) is 0 Å². The van der Waals surface area contributed by atoms with E-state index < -0.39 is 18.1 Å². The Morgan fingerprint density at radius 2 is 2.00 bits per heavy atom. The molecule has 0 aliphatic rings. The lowest BCUT2D eigenvalue weighted by Crippen LogP contribution is -2.42. The number of aliphatic hydroxyl groups is 1. The molecule has 0 fully saturated rings. The minimum Gasteiger partial charge on any atom is -0.480 e. The first kappa shape index (κ1) is 14.7. The monoisotopic (exact) mass is 233 g/mol. The zero-order chi connectivity index (χ0) is 12.6. The highest BCUT2D eigenvalue weighted by Crippen LogP contribution is 2.05. The van der Waals surface area contributed by atoms with Crippen LogP contribution in [0.25, 0.3) is 0 Å². The minimum atomic E-state index is -1.08. The highest BCUT2D eigenvalue weighted by atomic mass is 16.5. The first-order valence-corrected chi connectivity index (χ1v) is 5.24. The van der Waals surface area contributed by atoms with E-state index >= 15 is 0 Å². The molecule has 0 aromatic rings. The maximum atomic E-state index is 11.1. The maximum Gasteiger partial charge on any atom is 0.407 e. The van der Waals surface area contributed by atoms with Gasteiger partial charge in [0, 0.05) is 13.0 Å². The van der Waals surface area contributed by atoms with Crippen LogP contribution in [0.15, 0.2) is 0 Å². The highest BCUT2D eigenvalue weighted by molar-refractivity contribution is 5.79. The summed E-state index contributed by atoms with van der Waals surface area (Å²) in [5.41, 5.74) is 0. The number of ether oxygens (including phenoxy) is 1. The van der Waals surface area contributed by atoms with Gasteiger partial charge in [0.25, 0.3) is 0 Å². The standard InChI is InChI=1S/C10H19NO5/c1-7(2)6-8(9(13)14)11-10(15)16-5-3-4-12/h7-8,12H,3-6H2,1-2H3,(H,11,15)(H,13,14). The molecular formula is C10H19NO5. The molecule has 0 heterocycles. The zero-order valence-electron chi connectivity index (χ0n) is 9.60. The molecule has 1 amide bonds. The molecule has 0 aliphatic heterocycles. The van der Waals surface area contributed by atoms with E-state index in [0.717, 1.165) is 0 Å². The van der Waals surface area contributed by atoms with Gasteiger partial charge >= 0.3 is 12.1 Å². The van der Waals surface area contributed by atoms with Crippen molar-refractivity contribution >= 4 is 12.1 Å². The number of carboxylic acid groups (broad SMARTS) is 1. The largest absolute Gasteiger partial charge is 0.480 e. The van der Waals surface area contributed by atoms with E-state index in [2.05, 4.69) is 10.1 Å². The van der Waals surface area contributed by atoms with Crippen LogP contribution in [0.4, 0.5) is 4.79 Å². The Morgan fingerprint density at radius 1 is 1.38 bits per heavy atom. The summed E-state index contributed by atoms with van der Waals surface area (Å²) in [5, 5.41) is 19.6. The number of aliphatic hydroxyl groups excluding tert-OH is 1. The number of alkyl carbamates (subject to hydrolysis) is 1. The average molecular weight is 233 g/mol. The van der Waals surface area contributed by atoms with Crippen LogP contribution in [-0.2, 0) is 9.53 Å². The van der Waals surface area contributed by atoms with E-state index in [1.165, 1.54) is 0 Å². The topological polar surface area (TPSA) is 95.9 Å². The van der Waals surface area contributed by atoms with Gasteiger partial charge in [0.1, 0.15) is 6.04 Å². The number of carbonyl (C=O) groups is 2. The van der Waals surface area contributed by atoms with Gasteiger partial charge in [-0.2, -0.15) is 0 Å². The van der Waals surface area contributed by atoms with E-state index in [1.807, 2.05) is 13.8 Å². The normalized spacial score (nSPS) is 12.2. The van der Waals surface area contributed by atoms with Crippen molar-refractivity contribution in [1.82, 2.24) is 5.32 Å². The molecule has 3 N–H and O–H groups in total. The van der Waals surface area contributed by atoms with E-state index in [4.69, 9.17) is 10.2 Å². The molecule has 6 nitrogen and oxygen atoms in total. The number of rotatable bonds is 7. The molecule has 0 radical (unpaired) electrons.